The predicted molar refractivity (Wildman–Crippen MR) is 597 cm³/mol. The molecule has 812 valence electrons. The molecular formula is C119H217N19O4. The van der Waals surface area contributed by atoms with Crippen molar-refractivity contribution in [2.75, 3.05) is 224 Å². The molecule has 0 saturated carbocycles. The highest BCUT2D eigenvalue weighted by molar-refractivity contribution is 5.60. The van der Waals surface area contributed by atoms with Crippen molar-refractivity contribution in [3.63, 3.8) is 0 Å². The minimum absolute atomic E-state index is 0.0760. The van der Waals surface area contributed by atoms with E-state index in [1.165, 1.54) is 284 Å². The van der Waals surface area contributed by atoms with E-state index >= 15 is 0 Å². The largest absolute Gasteiger partial charge is 0.425 e. The van der Waals surface area contributed by atoms with Crippen LogP contribution < -0.4 is 11.1 Å². The van der Waals surface area contributed by atoms with E-state index in [1.807, 2.05) is 43.5 Å². The van der Waals surface area contributed by atoms with E-state index in [4.69, 9.17) is 19.6 Å². The summed E-state index contributed by atoms with van der Waals surface area (Å²) in [4.78, 5) is 33.4. The predicted octanol–water partition coefficient (Wildman–Crippen LogP) is 19.3. The van der Waals surface area contributed by atoms with E-state index in [0.29, 0.717) is 47.1 Å². The Kier molecular flexibility index (Phi) is 51.5. The summed E-state index contributed by atoms with van der Waals surface area (Å²) in [6.45, 7) is 90.0. The second-order valence-corrected chi connectivity index (χ2v) is 48.8. The Morgan fingerprint density at radius 3 is 1.06 bits per heavy atom. The minimum Gasteiger partial charge on any atom is -0.425 e. The van der Waals surface area contributed by atoms with Crippen LogP contribution >= 0.6 is 0 Å². The van der Waals surface area contributed by atoms with E-state index in [2.05, 4.69) is 279 Å². The molecule has 0 unspecified atom stereocenters. The third-order valence-electron chi connectivity index (χ3n) is 36.5. The Bertz CT molecular complexity index is 3740. The number of likely N-dealkylation sites (N-methyl/N-ethyl adjacent to an activating group) is 1. The molecular weight excluding hydrogens is 1760 g/mol. The van der Waals surface area contributed by atoms with Crippen molar-refractivity contribution in [2.45, 2.75) is 388 Å². The molecule has 0 atom stereocenters. The number of aryl methyl sites for hydroxylation is 1. The summed E-state index contributed by atoms with van der Waals surface area (Å²) < 4.78 is 16.4. The molecule has 16 heterocycles. The standard InChI is InChI=1S/C16H24N2.C14H28N2.C14H21NO.C13H27N3.C13H26N2.C13H25NO.C12H21N3O.C12H21N3.C12H24N2O/c1-12(2)18-10-8-16(9-11-18)15-6-4-14(5-7-15)13(3)17;1-12(2)16-10-6-14(7-11-16)13-4-8-15(3)9-5-13;1-12(2)15-10-8-14(16,9-11-15)13-6-4-3-5-7-13;1-12(2)15-6-4-13(5-7-15)16-10-8-14(3)9-11-16;1-11(2)15-9-5-13(6-10-15)12-3-7-14-8-4-12;1-11(2)14-7-3-12(4-8-14)13-5-9-15-10-6-13;1-9(2)15-7-5-12(4,6-8-15)11-14-13-10(3)16-11;1-10(2)15-8-5-12(3,6-9-15)11-4-7-13-14-11;1-11(2)13-5-3-12(4-6-13)14-7-9-15-10-8-14/h4-7,12,16H,3,8-11,17H2,1-2H3;12-14H,4-11H2,1-3H3;3-7,12,16H,8-11H2,1-2H3;12-13H,4-11H2,1-3H3;11-14H,3-10H2,1-2H3;11-13H,3-10H2,1-2H3;9H,5-8H2,1-4H3;4,7,10H,5-6,8-9H2,1-3H3,(H,13,14);11-12H,3-10H2,1-2H3. The van der Waals surface area contributed by atoms with Gasteiger partial charge in [0.25, 0.3) is 0 Å². The molecule has 0 spiro atoms. The van der Waals surface area contributed by atoms with Crippen molar-refractivity contribution >= 4 is 5.70 Å². The first-order chi connectivity index (χ1) is 68.0. The molecule has 23 nitrogen and oxygen atoms in total. The number of rotatable bonds is 19. The van der Waals surface area contributed by atoms with Gasteiger partial charge in [-0.05, 0) is 488 Å². The van der Waals surface area contributed by atoms with Gasteiger partial charge in [0.2, 0.25) is 11.8 Å². The highest BCUT2D eigenvalue weighted by atomic mass is 16.5. The van der Waals surface area contributed by atoms with Crippen molar-refractivity contribution in [3.8, 4) is 0 Å². The highest BCUT2D eigenvalue weighted by Gasteiger charge is 2.41. The van der Waals surface area contributed by atoms with Gasteiger partial charge in [-0.3, -0.25) is 14.9 Å². The SMILES string of the molecule is C=C(N)c1ccc(C2CCN(C(C)C)CC2)cc1.CC(C)N1CCC(C)(c2ccn[nH]2)CC1.CC(C)N1CCC(C2CCN(C)CC2)CC1.CC(C)N1CCC(C2CCNCC2)CC1.CC(C)N1CCC(C2CCOCC2)CC1.CC(C)N1CCC(N2CCN(C)CC2)CC1.CC(C)N1CCC(N2CCOCC2)CC1.CC(C)N1CCC(O)(c2ccccc2)CC1.Cc1nnc(C2(C)CCN(C(C)C)CC2)o1. The van der Waals surface area contributed by atoms with E-state index in [1.54, 1.807) is 0 Å². The summed E-state index contributed by atoms with van der Waals surface area (Å²) in [5.74, 6) is 8.27. The fourth-order valence-corrected chi connectivity index (χ4v) is 25.2. The molecule has 0 bridgehead atoms. The van der Waals surface area contributed by atoms with E-state index in [0.717, 1.165) is 186 Å². The lowest BCUT2D eigenvalue weighted by Crippen LogP contribution is -2.53. The number of benzene rings is 2. The third kappa shape index (κ3) is 38.8. The van der Waals surface area contributed by atoms with Crippen LogP contribution in [0.15, 0.2) is 77.9 Å². The number of likely N-dealkylation sites (tertiary alicyclic amines) is 10. The van der Waals surface area contributed by atoms with Crippen molar-refractivity contribution < 1.29 is 19.0 Å². The molecule has 2 aromatic heterocycles. The van der Waals surface area contributed by atoms with Gasteiger partial charge in [0.05, 0.1) is 18.8 Å². The number of nitrogens with two attached hydrogens (primary N) is 1. The van der Waals surface area contributed by atoms with Gasteiger partial charge in [0.15, 0.2) is 0 Å². The van der Waals surface area contributed by atoms with Crippen LogP contribution in [-0.4, -0.2) is 379 Å². The lowest BCUT2D eigenvalue weighted by molar-refractivity contribution is -0.0323. The molecule has 0 radical (unpaired) electrons. The van der Waals surface area contributed by atoms with Crippen LogP contribution in [0.1, 0.15) is 333 Å². The maximum atomic E-state index is 10.6. The number of ether oxygens (including phenoxy) is 2. The number of morpholine rings is 1. The number of piperidine rings is 11. The Hall–Kier alpha value is -4.35. The van der Waals surface area contributed by atoms with Gasteiger partial charge >= 0.3 is 0 Å². The lowest BCUT2D eigenvalue weighted by Gasteiger charge is -2.43. The summed E-state index contributed by atoms with van der Waals surface area (Å²) in [7, 11) is 4.50. The summed E-state index contributed by atoms with van der Waals surface area (Å²) >= 11 is 0. The minimum atomic E-state index is -0.605. The van der Waals surface area contributed by atoms with Gasteiger partial charge in [-0.2, -0.15) is 5.10 Å². The first kappa shape index (κ1) is 120. The van der Waals surface area contributed by atoms with Gasteiger partial charge < -0.3 is 83.9 Å². The number of hydrogen-bond donors (Lipinski definition) is 4. The first-order valence-electron chi connectivity index (χ1n) is 58.5. The number of aromatic amines is 1. The zero-order chi connectivity index (χ0) is 102. The van der Waals surface area contributed by atoms with E-state index in [9.17, 15) is 5.11 Å². The number of hydrogen-bond acceptors (Lipinski definition) is 22. The van der Waals surface area contributed by atoms with Gasteiger partial charge in [0, 0.05) is 167 Å². The monoisotopic (exact) mass is 1980 g/mol. The number of aromatic nitrogens is 4. The smallest absolute Gasteiger partial charge is 0.222 e. The molecule has 14 aliphatic rings. The maximum Gasteiger partial charge on any atom is 0.222 e. The molecule has 14 aliphatic heterocycles. The Labute approximate surface area is 869 Å². The zero-order valence-electron chi connectivity index (χ0n) is 95.5. The van der Waals surface area contributed by atoms with Gasteiger partial charge in [-0.1, -0.05) is 75.0 Å². The summed E-state index contributed by atoms with van der Waals surface area (Å²) in [5, 5.41) is 29.4. The summed E-state index contributed by atoms with van der Waals surface area (Å²) in [5.41, 5.74) is 11.0. The van der Waals surface area contributed by atoms with Crippen LogP contribution in [0.2, 0.25) is 0 Å². The molecule has 0 aliphatic carbocycles. The average Bonchev–Trinajstić information content (AvgIpc) is 1.47. The quantitative estimate of drug-likeness (QED) is 0.0694. The Morgan fingerprint density at radius 2 is 0.697 bits per heavy atom. The number of aliphatic hydroxyl groups is 1. The normalized spacial score (nSPS) is 24.4. The van der Waals surface area contributed by atoms with Crippen molar-refractivity contribution in [1.82, 2.24) is 89.4 Å². The molecule has 142 heavy (non-hydrogen) atoms. The van der Waals surface area contributed by atoms with Crippen molar-refractivity contribution in [2.24, 2.45) is 41.2 Å². The molecule has 14 fully saturated rings. The zero-order valence-corrected chi connectivity index (χ0v) is 95.5. The van der Waals surface area contributed by atoms with Crippen molar-refractivity contribution in [1.29, 1.82) is 0 Å². The number of nitrogens with one attached hydrogen (secondary N) is 2. The van der Waals surface area contributed by atoms with E-state index < -0.39 is 5.60 Å². The van der Waals surface area contributed by atoms with Crippen LogP contribution in [0.4, 0.5) is 0 Å². The van der Waals surface area contributed by atoms with Crippen LogP contribution in [0.5, 0.6) is 0 Å². The van der Waals surface area contributed by atoms with Crippen LogP contribution in [0, 0.1) is 42.4 Å². The molecule has 4 aromatic rings. The number of piperazine rings is 1. The maximum absolute atomic E-state index is 10.6. The van der Waals surface area contributed by atoms with Gasteiger partial charge in [0.1, 0.15) is 0 Å². The van der Waals surface area contributed by atoms with Crippen LogP contribution in [0.25, 0.3) is 5.70 Å². The molecule has 18 rings (SSSR count). The molecule has 23 heteroatoms. The molecule has 14 saturated heterocycles. The van der Waals surface area contributed by atoms with Crippen LogP contribution in [0.3, 0.4) is 0 Å². The summed E-state index contributed by atoms with van der Waals surface area (Å²) in [6, 6.07) is 28.7. The number of H-pyrrole nitrogens is 1. The Balaban J connectivity index is 0.000000164. The molecule has 5 N–H and O–H groups in total. The van der Waals surface area contributed by atoms with Gasteiger partial charge in [-0.15, -0.1) is 10.2 Å². The van der Waals surface area contributed by atoms with Gasteiger partial charge in [-0.25, -0.2) is 0 Å². The fourth-order valence-electron chi connectivity index (χ4n) is 25.2. The average molecular weight is 1980 g/mol. The highest BCUT2D eigenvalue weighted by Crippen LogP contribution is 2.41. The third-order valence-corrected chi connectivity index (χ3v) is 36.5. The van der Waals surface area contributed by atoms with Crippen LogP contribution in [-0.2, 0) is 25.9 Å². The lowest BCUT2D eigenvalue weighted by atomic mass is 9.77. The van der Waals surface area contributed by atoms with Crippen molar-refractivity contribution in [3.05, 3.63) is 108 Å². The first-order valence-corrected chi connectivity index (χ1v) is 58.5. The molecule has 0 amide bonds. The number of nitrogens with zero attached hydrogens (tertiary/aromatic N) is 16. The topological polar surface area (TPSA) is 186 Å². The van der Waals surface area contributed by atoms with E-state index in [-0.39, 0.29) is 5.41 Å². The molecule has 2 aromatic carbocycles. The summed E-state index contributed by atoms with van der Waals surface area (Å²) in [6.07, 6.45) is 33.2. The fraction of sp³-hybridized carbons (Fsp3) is 0.840. The second kappa shape index (κ2) is 61.2. The Morgan fingerprint density at radius 1 is 0.366 bits per heavy atom. The second-order valence-electron chi connectivity index (χ2n) is 48.8.